The van der Waals surface area contributed by atoms with Crippen LogP contribution in [-0.2, 0) is 11.3 Å². The average molecular weight is 347 g/mol. The topological polar surface area (TPSA) is 46.5 Å². The summed E-state index contributed by atoms with van der Waals surface area (Å²) in [6.07, 6.45) is 0. The van der Waals surface area contributed by atoms with Crippen molar-refractivity contribution < 1.29 is 14.6 Å². The first kappa shape index (κ1) is 15.7. The Morgan fingerprint density at radius 2 is 1.78 bits per heavy atom. The molecule has 0 radical (unpaired) electrons. The predicted molar refractivity (Wildman–Crippen MR) is 91.2 cm³/mol. The molecular formula is C18H12Cl2O3. The third-order valence-electron chi connectivity index (χ3n) is 3.47. The van der Waals surface area contributed by atoms with Gasteiger partial charge in [-0.25, -0.2) is 4.79 Å². The van der Waals surface area contributed by atoms with Crippen molar-refractivity contribution in [3.8, 4) is 5.75 Å². The van der Waals surface area contributed by atoms with Crippen molar-refractivity contribution in [2.75, 3.05) is 0 Å². The zero-order chi connectivity index (χ0) is 16.4. The van der Waals surface area contributed by atoms with Crippen molar-refractivity contribution in [3.05, 3.63) is 75.8 Å². The van der Waals surface area contributed by atoms with E-state index in [1.807, 2.05) is 12.1 Å². The fraction of sp³-hybridized carbons (Fsp3) is 0.0556. The van der Waals surface area contributed by atoms with E-state index in [1.54, 1.807) is 42.5 Å². The molecule has 116 valence electrons. The molecule has 0 bridgehead atoms. The van der Waals surface area contributed by atoms with Crippen LogP contribution in [0.15, 0.2) is 54.6 Å². The second-order valence-electron chi connectivity index (χ2n) is 5.01. The molecule has 3 aromatic carbocycles. The number of rotatable bonds is 3. The molecular weight excluding hydrogens is 335 g/mol. The van der Waals surface area contributed by atoms with Crippen molar-refractivity contribution in [2.24, 2.45) is 0 Å². The van der Waals surface area contributed by atoms with Gasteiger partial charge in [0.1, 0.15) is 17.9 Å². The van der Waals surface area contributed by atoms with Gasteiger partial charge in [-0.05, 0) is 29.1 Å². The van der Waals surface area contributed by atoms with Crippen LogP contribution in [0, 0.1) is 0 Å². The molecule has 0 atom stereocenters. The number of ether oxygens (including phenoxy) is 1. The Kier molecular flexibility index (Phi) is 4.42. The first-order valence-electron chi connectivity index (χ1n) is 6.88. The number of phenolic OH excluding ortho intramolecular Hbond substituents is 1. The van der Waals surface area contributed by atoms with E-state index in [0.29, 0.717) is 21.0 Å². The van der Waals surface area contributed by atoms with Crippen LogP contribution in [0.4, 0.5) is 0 Å². The highest BCUT2D eigenvalue weighted by molar-refractivity contribution is 6.42. The molecule has 23 heavy (non-hydrogen) atoms. The SMILES string of the molecule is O=C(OCc1ccc(Cl)c(Cl)c1)c1ccc2ccccc2c1O. The van der Waals surface area contributed by atoms with Gasteiger partial charge in [-0.2, -0.15) is 0 Å². The fourth-order valence-corrected chi connectivity index (χ4v) is 2.60. The second-order valence-corrected chi connectivity index (χ2v) is 5.82. The molecule has 3 nitrogen and oxygen atoms in total. The summed E-state index contributed by atoms with van der Waals surface area (Å²) >= 11 is 11.8. The lowest BCUT2D eigenvalue weighted by Crippen LogP contribution is -2.05. The zero-order valence-electron chi connectivity index (χ0n) is 11.9. The Labute approximate surface area is 143 Å². The lowest BCUT2D eigenvalue weighted by Gasteiger charge is -2.09. The number of benzene rings is 3. The summed E-state index contributed by atoms with van der Waals surface area (Å²) in [4.78, 5) is 12.2. The van der Waals surface area contributed by atoms with E-state index in [4.69, 9.17) is 27.9 Å². The standard InChI is InChI=1S/C18H12Cl2O3/c19-15-8-5-11(9-16(15)20)10-23-18(22)14-7-6-12-3-1-2-4-13(12)17(14)21/h1-9,21H,10H2. The Balaban J connectivity index is 1.80. The number of hydrogen-bond acceptors (Lipinski definition) is 3. The lowest BCUT2D eigenvalue weighted by molar-refractivity contribution is 0.0470. The Morgan fingerprint density at radius 1 is 1.00 bits per heavy atom. The number of carbonyl (C=O) groups is 1. The summed E-state index contributed by atoms with van der Waals surface area (Å²) in [5, 5.41) is 12.6. The molecule has 0 aromatic heterocycles. The maximum Gasteiger partial charge on any atom is 0.342 e. The molecule has 0 amide bonds. The van der Waals surface area contributed by atoms with Crippen LogP contribution in [0.2, 0.25) is 10.0 Å². The summed E-state index contributed by atoms with van der Waals surface area (Å²) in [6.45, 7) is 0.0436. The van der Waals surface area contributed by atoms with Gasteiger partial charge in [0, 0.05) is 5.39 Å². The van der Waals surface area contributed by atoms with Gasteiger partial charge in [0.15, 0.2) is 0 Å². The fourth-order valence-electron chi connectivity index (χ4n) is 2.28. The van der Waals surface area contributed by atoms with E-state index in [1.165, 1.54) is 0 Å². The van der Waals surface area contributed by atoms with Gasteiger partial charge in [-0.15, -0.1) is 0 Å². The van der Waals surface area contributed by atoms with Crippen molar-refractivity contribution in [1.82, 2.24) is 0 Å². The molecule has 0 spiro atoms. The van der Waals surface area contributed by atoms with Crippen LogP contribution in [0.3, 0.4) is 0 Å². The quantitative estimate of drug-likeness (QED) is 0.662. The Bertz CT molecular complexity index is 891. The third kappa shape index (κ3) is 3.26. The maximum absolute atomic E-state index is 12.2. The van der Waals surface area contributed by atoms with E-state index in [9.17, 15) is 9.90 Å². The highest BCUT2D eigenvalue weighted by Gasteiger charge is 2.15. The largest absolute Gasteiger partial charge is 0.506 e. The minimum absolute atomic E-state index is 0.0436. The number of hydrogen-bond donors (Lipinski definition) is 1. The molecule has 0 aliphatic rings. The van der Waals surface area contributed by atoms with Crippen LogP contribution < -0.4 is 0 Å². The first-order chi connectivity index (χ1) is 11.1. The van der Waals surface area contributed by atoms with Gasteiger partial charge in [0.2, 0.25) is 0 Å². The minimum atomic E-state index is -0.598. The van der Waals surface area contributed by atoms with Crippen LogP contribution in [0.25, 0.3) is 10.8 Å². The van der Waals surface area contributed by atoms with Crippen LogP contribution in [0.5, 0.6) is 5.75 Å². The number of aromatic hydroxyl groups is 1. The van der Waals surface area contributed by atoms with Crippen molar-refractivity contribution in [3.63, 3.8) is 0 Å². The summed E-state index contributed by atoms with van der Waals surface area (Å²) in [7, 11) is 0. The molecule has 0 aliphatic heterocycles. The lowest BCUT2D eigenvalue weighted by atomic mass is 10.1. The predicted octanol–water partition coefficient (Wildman–Crippen LogP) is 5.21. The maximum atomic E-state index is 12.2. The van der Waals surface area contributed by atoms with E-state index in [-0.39, 0.29) is 17.9 Å². The van der Waals surface area contributed by atoms with E-state index in [2.05, 4.69) is 0 Å². The summed E-state index contributed by atoms with van der Waals surface area (Å²) < 4.78 is 5.24. The first-order valence-corrected chi connectivity index (χ1v) is 7.63. The van der Waals surface area contributed by atoms with Crippen LogP contribution in [-0.4, -0.2) is 11.1 Å². The Hall–Kier alpha value is -2.23. The van der Waals surface area contributed by atoms with Gasteiger partial charge in [0.05, 0.1) is 10.0 Å². The molecule has 3 rings (SSSR count). The number of esters is 1. The van der Waals surface area contributed by atoms with Crippen molar-refractivity contribution in [2.45, 2.75) is 6.61 Å². The summed E-state index contributed by atoms with van der Waals surface area (Å²) in [6, 6.07) is 15.6. The number of phenols is 1. The molecule has 1 N–H and O–H groups in total. The normalized spacial score (nSPS) is 10.7. The van der Waals surface area contributed by atoms with Crippen molar-refractivity contribution in [1.29, 1.82) is 0 Å². The van der Waals surface area contributed by atoms with Gasteiger partial charge >= 0.3 is 5.97 Å². The van der Waals surface area contributed by atoms with Crippen LogP contribution >= 0.6 is 23.2 Å². The van der Waals surface area contributed by atoms with Crippen molar-refractivity contribution >= 4 is 39.9 Å². The monoisotopic (exact) mass is 346 g/mol. The number of carbonyl (C=O) groups excluding carboxylic acids is 1. The van der Waals surface area contributed by atoms with Gasteiger partial charge in [0.25, 0.3) is 0 Å². The Morgan fingerprint density at radius 3 is 2.57 bits per heavy atom. The van der Waals surface area contributed by atoms with E-state index >= 15 is 0 Å². The molecule has 0 unspecified atom stereocenters. The minimum Gasteiger partial charge on any atom is -0.506 e. The number of fused-ring (bicyclic) bond motifs is 1. The molecule has 0 saturated carbocycles. The highest BCUT2D eigenvalue weighted by Crippen LogP contribution is 2.29. The molecule has 0 aliphatic carbocycles. The molecule has 3 aromatic rings. The molecule has 0 fully saturated rings. The van der Waals surface area contributed by atoms with Gasteiger partial charge < -0.3 is 9.84 Å². The summed E-state index contributed by atoms with van der Waals surface area (Å²) in [5.41, 5.74) is 0.844. The highest BCUT2D eigenvalue weighted by atomic mass is 35.5. The molecule has 5 heteroatoms. The smallest absolute Gasteiger partial charge is 0.342 e. The third-order valence-corrected chi connectivity index (χ3v) is 4.21. The average Bonchev–Trinajstić information content (AvgIpc) is 2.56. The summed E-state index contributed by atoms with van der Waals surface area (Å²) in [5.74, 6) is -0.679. The van der Waals surface area contributed by atoms with Crippen LogP contribution in [0.1, 0.15) is 15.9 Å². The van der Waals surface area contributed by atoms with Gasteiger partial charge in [-0.3, -0.25) is 0 Å². The number of halogens is 2. The van der Waals surface area contributed by atoms with Gasteiger partial charge in [-0.1, -0.05) is 59.6 Å². The molecule has 0 heterocycles. The zero-order valence-corrected chi connectivity index (χ0v) is 13.4. The van der Waals surface area contributed by atoms with E-state index in [0.717, 1.165) is 5.39 Å². The molecule has 0 saturated heterocycles. The second kappa shape index (κ2) is 6.49. The van der Waals surface area contributed by atoms with E-state index < -0.39 is 5.97 Å².